The van der Waals surface area contributed by atoms with Crippen LogP contribution in [0.15, 0.2) is 11.4 Å². The Morgan fingerprint density at radius 1 is 1.63 bits per heavy atom. The number of fused-ring (bicyclic) bond motifs is 1. The minimum Gasteiger partial charge on any atom is -0.609 e. The first-order chi connectivity index (χ1) is 12.9. The number of nitrogens with one attached hydrogen (secondary N) is 1. The van der Waals surface area contributed by atoms with Gasteiger partial charge in [0.2, 0.25) is 5.88 Å². The molecule has 3 rings (SSSR count). The molecule has 3 heterocycles. The van der Waals surface area contributed by atoms with Crippen LogP contribution in [0.5, 0.6) is 5.88 Å². The highest BCUT2D eigenvalue weighted by atomic mass is 35.5. The Morgan fingerprint density at radius 3 is 3.11 bits per heavy atom. The Labute approximate surface area is 161 Å². The lowest BCUT2D eigenvalue weighted by atomic mass is 10.1. The maximum atomic E-state index is 14.3. The van der Waals surface area contributed by atoms with Crippen molar-refractivity contribution >= 4 is 39.8 Å². The maximum Gasteiger partial charge on any atom is 0.416 e. The molecule has 2 aromatic heterocycles. The van der Waals surface area contributed by atoms with Gasteiger partial charge in [0.05, 0.1) is 23.9 Å². The number of hydrogen-bond donors (Lipinski definition) is 1. The van der Waals surface area contributed by atoms with Crippen LogP contribution in [0.3, 0.4) is 0 Å². The Balaban J connectivity index is 1.99. The van der Waals surface area contributed by atoms with Gasteiger partial charge in [-0.3, -0.25) is 0 Å². The van der Waals surface area contributed by atoms with Crippen LogP contribution in [-0.2, 0) is 11.2 Å². The van der Waals surface area contributed by atoms with Gasteiger partial charge < -0.3 is 19.5 Å². The molecule has 0 aliphatic carbocycles. The van der Waals surface area contributed by atoms with Crippen LogP contribution in [0.4, 0.5) is 9.18 Å². The van der Waals surface area contributed by atoms with Gasteiger partial charge in [0.25, 0.3) is 0 Å². The van der Waals surface area contributed by atoms with E-state index >= 15 is 0 Å². The standard InChI is InChI=1S/C15H14ClFN6O3S/c1-27(25)14-21-11-9(7-20-12(16)10(11)17)13(22-14)26-15(24)23-5-4-19-6-8(23)2-3-18/h7-8,19H,2,4-6H2,1H3. The van der Waals surface area contributed by atoms with Gasteiger partial charge in [0, 0.05) is 37.0 Å². The molecule has 12 heteroatoms. The molecule has 0 bridgehead atoms. The minimum atomic E-state index is -1.65. The van der Waals surface area contributed by atoms with E-state index in [4.69, 9.17) is 21.6 Å². The van der Waals surface area contributed by atoms with E-state index in [-0.39, 0.29) is 34.4 Å². The zero-order valence-electron chi connectivity index (χ0n) is 14.1. The molecule has 1 aliphatic heterocycles. The number of carbonyl (C=O) groups is 1. The predicted molar refractivity (Wildman–Crippen MR) is 94.3 cm³/mol. The molecule has 0 radical (unpaired) electrons. The van der Waals surface area contributed by atoms with E-state index < -0.39 is 28.2 Å². The van der Waals surface area contributed by atoms with Crippen molar-refractivity contribution in [2.45, 2.75) is 17.6 Å². The molecule has 1 amide bonds. The van der Waals surface area contributed by atoms with Gasteiger partial charge in [-0.1, -0.05) is 11.6 Å². The summed E-state index contributed by atoms with van der Waals surface area (Å²) in [5, 5.41) is 11.4. The summed E-state index contributed by atoms with van der Waals surface area (Å²) in [6.07, 6.45) is 1.87. The van der Waals surface area contributed by atoms with E-state index in [0.29, 0.717) is 19.6 Å². The topological polar surface area (TPSA) is 127 Å². The van der Waals surface area contributed by atoms with E-state index in [1.54, 1.807) is 0 Å². The second-order valence-corrected chi connectivity index (χ2v) is 7.30. The second kappa shape index (κ2) is 8.18. The summed E-state index contributed by atoms with van der Waals surface area (Å²) in [6.45, 7) is 1.32. The number of hydrogen-bond acceptors (Lipinski definition) is 8. The first-order valence-corrected chi connectivity index (χ1v) is 9.77. The molecule has 0 saturated carbocycles. The fourth-order valence-corrected chi connectivity index (χ4v) is 3.19. The van der Waals surface area contributed by atoms with Gasteiger partial charge in [0.1, 0.15) is 11.8 Å². The summed E-state index contributed by atoms with van der Waals surface area (Å²) in [7, 11) is 0. The van der Waals surface area contributed by atoms with Crippen LogP contribution < -0.4 is 10.1 Å². The molecule has 1 fully saturated rings. The summed E-state index contributed by atoms with van der Waals surface area (Å²) in [5.74, 6) is -1.20. The Hall–Kier alpha value is -2.26. The number of pyridine rings is 1. The molecule has 1 saturated heterocycles. The Bertz CT molecular complexity index is 925. The molecule has 9 nitrogen and oxygen atoms in total. The van der Waals surface area contributed by atoms with Gasteiger partial charge >= 0.3 is 11.2 Å². The number of nitriles is 1. The maximum absolute atomic E-state index is 14.3. The number of piperazine rings is 1. The van der Waals surface area contributed by atoms with Gasteiger partial charge in [-0.15, -0.1) is 4.98 Å². The average Bonchev–Trinajstić information content (AvgIpc) is 2.65. The molecule has 1 aliphatic rings. The number of ether oxygens (including phenoxy) is 1. The van der Waals surface area contributed by atoms with E-state index in [0.717, 1.165) is 0 Å². The number of amides is 1. The van der Waals surface area contributed by atoms with E-state index in [1.807, 2.05) is 6.07 Å². The molecular formula is C15H14ClFN6O3S. The van der Waals surface area contributed by atoms with Crippen molar-refractivity contribution in [1.82, 2.24) is 25.2 Å². The summed E-state index contributed by atoms with van der Waals surface area (Å²) in [4.78, 5) is 25.6. The molecule has 2 atom stereocenters. The van der Waals surface area contributed by atoms with Crippen LogP contribution in [-0.4, -0.2) is 62.4 Å². The SMILES string of the molecule is C[S+]([O-])c1nc(OC(=O)N2CCNCC2CC#N)c2cnc(Cl)c(F)c2n1. The third kappa shape index (κ3) is 4.03. The molecule has 2 unspecified atom stereocenters. The zero-order valence-corrected chi connectivity index (χ0v) is 15.7. The van der Waals surface area contributed by atoms with Crippen LogP contribution >= 0.6 is 11.6 Å². The van der Waals surface area contributed by atoms with Crippen molar-refractivity contribution in [2.24, 2.45) is 0 Å². The number of halogens is 2. The monoisotopic (exact) mass is 412 g/mol. The lowest BCUT2D eigenvalue weighted by molar-refractivity contribution is 0.118. The number of rotatable bonds is 3. The molecule has 142 valence electrons. The Morgan fingerprint density at radius 2 is 2.41 bits per heavy atom. The van der Waals surface area contributed by atoms with Crippen molar-refractivity contribution in [3.63, 3.8) is 0 Å². The molecule has 0 aromatic carbocycles. The third-order valence-electron chi connectivity index (χ3n) is 3.94. The van der Waals surface area contributed by atoms with Crippen molar-refractivity contribution in [2.75, 3.05) is 25.9 Å². The summed E-state index contributed by atoms with van der Waals surface area (Å²) < 4.78 is 31.4. The van der Waals surface area contributed by atoms with E-state index in [1.165, 1.54) is 17.4 Å². The van der Waals surface area contributed by atoms with E-state index in [9.17, 15) is 13.7 Å². The van der Waals surface area contributed by atoms with Crippen molar-refractivity contribution in [1.29, 1.82) is 5.26 Å². The number of aromatic nitrogens is 3. The second-order valence-electron chi connectivity index (χ2n) is 5.67. The van der Waals surface area contributed by atoms with Crippen molar-refractivity contribution < 1.29 is 18.5 Å². The highest BCUT2D eigenvalue weighted by Crippen LogP contribution is 2.28. The minimum absolute atomic E-state index is 0.0198. The number of nitrogens with zero attached hydrogens (tertiary/aromatic N) is 5. The highest BCUT2D eigenvalue weighted by molar-refractivity contribution is 7.90. The van der Waals surface area contributed by atoms with Crippen LogP contribution in [0.2, 0.25) is 5.15 Å². The van der Waals surface area contributed by atoms with Gasteiger partial charge in [-0.25, -0.2) is 14.2 Å². The number of carbonyl (C=O) groups excluding carboxylic acids is 1. The van der Waals surface area contributed by atoms with Gasteiger partial charge in [0.15, 0.2) is 11.0 Å². The van der Waals surface area contributed by atoms with Crippen LogP contribution in [0.1, 0.15) is 6.42 Å². The largest absolute Gasteiger partial charge is 0.609 e. The zero-order chi connectivity index (χ0) is 19.6. The molecule has 1 N–H and O–H groups in total. The quantitative estimate of drug-likeness (QED) is 0.453. The first-order valence-electron chi connectivity index (χ1n) is 7.83. The highest BCUT2D eigenvalue weighted by Gasteiger charge is 2.30. The Kier molecular flexibility index (Phi) is 5.91. The fraction of sp³-hybridized carbons (Fsp3) is 0.400. The van der Waals surface area contributed by atoms with Crippen LogP contribution in [0, 0.1) is 17.1 Å². The summed E-state index contributed by atoms with van der Waals surface area (Å²) >= 11 is 4.03. The van der Waals surface area contributed by atoms with Crippen molar-refractivity contribution in [3.8, 4) is 11.9 Å². The molecule has 2 aromatic rings. The third-order valence-corrected chi connectivity index (χ3v) is 4.90. The summed E-state index contributed by atoms with van der Waals surface area (Å²) in [6, 6.07) is 1.66. The van der Waals surface area contributed by atoms with Gasteiger partial charge in [-0.2, -0.15) is 10.2 Å². The molecule has 27 heavy (non-hydrogen) atoms. The average molecular weight is 413 g/mol. The molecule has 0 spiro atoms. The lowest BCUT2D eigenvalue weighted by Gasteiger charge is -2.33. The van der Waals surface area contributed by atoms with Crippen molar-refractivity contribution in [3.05, 3.63) is 17.2 Å². The van der Waals surface area contributed by atoms with Gasteiger partial charge in [-0.05, 0) is 0 Å². The lowest BCUT2D eigenvalue weighted by Crippen LogP contribution is -2.54. The smallest absolute Gasteiger partial charge is 0.416 e. The first kappa shape index (κ1) is 19.5. The predicted octanol–water partition coefficient (Wildman–Crippen LogP) is 1.24. The fourth-order valence-electron chi connectivity index (χ4n) is 2.63. The summed E-state index contributed by atoms with van der Waals surface area (Å²) in [5.41, 5.74) is -0.244. The van der Waals surface area contributed by atoms with Crippen LogP contribution in [0.25, 0.3) is 10.9 Å². The molecular weight excluding hydrogens is 399 g/mol. The normalized spacial score (nSPS) is 18.2. The van der Waals surface area contributed by atoms with E-state index in [2.05, 4.69) is 20.3 Å².